The van der Waals surface area contributed by atoms with Crippen molar-refractivity contribution in [3.05, 3.63) is 42.0 Å². The maximum absolute atomic E-state index is 12.8. The molecule has 1 unspecified atom stereocenters. The fourth-order valence-electron chi connectivity index (χ4n) is 3.52. The van der Waals surface area contributed by atoms with Crippen LogP contribution in [0.25, 0.3) is 0 Å². The van der Waals surface area contributed by atoms with Crippen LogP contribution in [0.4, 0.5) is 5.69 Å². The number of nitrogens with zero attached hydrogens (tertiary/aromatic N) is 1. The van der Waals surface area contributed by atoms with E-state index in [1.54, 1.807) is 24.3 Å². The van der Waals surface area contributed by atoms with Gasteiger partial charge in [-0.25, -0.2) is 8.42 Å². The standard InChI is InChI=1S/C22H26N2O7S/c1-3-32(26,27)24(17-5-7-19-21(13-17)31-11-9-29-19)14-22(25)23-15(2)16-4-6-18-20(12-16)30-10-8-28-18/h4-7,12-13,15H,3,8-11,14H2,1-2H3,(H,23,25). The Bertz CT molecular complexity index is 1100. The number of rotatable bonds is 7. The van der Waals surface area contributed by atoms with Gasteiger partial charge in [-0.1, -0.05) is 6.07 Å². The van der Waals surface area contributed by atoms with E-state index in [4.69, 9.17) is 18.9 Å². The molecule has 10 heteroatoms. The molecular formula is C22H26N2O7S. The monoisotopic (exact) mass is 462 g/mol. The minimum absolute atomic E-state index is 0.146. The average molecular weight is 463 g/mol. The first-order valence-electron chi connectivity index (χ1n) is 10.5. The van der Waals surface area contributed by atoms with E-state index in [1.165, 1.54) is 6.92 Å². The number of carbonyl (C=O) groups is 1. The van der Waals surface area contributed by atoms with E-state index in [0.29, 0.717) is 55.1 Å². The van der Waals surface area contributed by atoms with Gasteiger partial charge >= 0.3 is 0 Å². The highest BCUT2D eigenvalue weighted by molar-refractivity contribution is 7.92. The summed E-state index contributed by atoms with van der Waals surface area (Å²) < 4.78 is 48.8. The van der Waals surface area contributed by atoms with Gasteiger partial charge in [0.25, 0.3) is 0 Å². The molecule has 2 aliphatic heterocycles. The van der Waals surface area contributed by atoms with Gasteiger partial charge in [-0.05, 0) is 43.7 Å². The number of fused-ring (bicyclic) bond motifs is 2. The molecule has 0 fully saturated rings. The highest BCUT2D eigenvalue weighted by Gasteiger charge is 2.26. The summed E-state index contributed by atoms with van der Waals surface area (Å²) >= 11 is 0. The number of hydrogen-bond acceptors (Lipinski definition) is 7. The van der Waals surface area contributed by atoms with E-state index in [1.807, 2.05) is 19.1 Å². The van der Waals surface area contributed by atoms with Gasteiger partial charge in [-0.15, -0.1) is 0 Å². The number of amides is 1. The first-order chi connectivity index (χ1) is 15.4. The Labute approximate surface area is 187 Å². The molecule has 2 aliphatic rings. The van der Waals surface area contributed by atoms with Crippen LogP contribution in [-0.4, -0.2) is 53.1 Å². The van der Waals surface area contributed by atoms with E-state index in [-0.39, 0.29) is 18.3 Å². The van der Waals surface area contributed by atoms with E-state index >= 15 is 0 Å². The smallest absolute Gasteiger partial charge is 0.241 e. The van der Waals surface area contributed by atoms with Gasteiger partial charge in [0.15, 0.2) is 23.0 Å². The van der Waals surface area contributed by atoms with Gasteiger partial charge in [-0.3, -0.25) is 9.10 Å². The van der Waals surface area contributed by atoms with Gasteiger partial charge in [0, 0.05) is 6.07 Å². The van der Waals surface area contributed by atoms with Crippen molar-refractivity contribution >= 4 is 21.6 Å². The van der Waals surface area contributed by atoms with Crippen molar-refractivity contribution in [2.75, 3.05) is 43.0 Å². The number of carbonyl (C=O) groups excluding carboxylic acids is 1. The molecule has 1 atom stereocenters. The topological polar surface area (TPSA) is 103 Å². The van der Waals surface area contributed by atoms with Gasteiger partial charge in [0.1, 0.15) is 33.0 Å². The molecule has 1 N–H and O–H groups in total. The number of hydrogen-bond donors (Lipinski definition) is 1. The zero-order valence-corrected chi connectivity index (χ0v) is 18.8. The average Bonchev–Trinajstić information content (AvgIpc) is 2.81. The fraction of sp³-hybridized carbons (Fsp3) is 0.409. The SMILES string of the molecule is CCS(=O)(=O)N(CC(=O)NC(C)c1ccc2c(c1)OCCO2)c1ccc2c(c1)OCCO2. The quantitative estimate of drug-likeness (QED) is 0.673. The summed E-state index contributed by atoms with van der Waals surface area (Å²) in [6, 6.07) is 9.95. The lowest BCUT2D eigenvalue weighted by molar-refractivity contribution is -0.120. The summed E-state index contributed by atoms with van der Waals surface area (Å²) in [5.74, 6) is 1.71. The second-order valence-corrected chi connectivity index (χ2v) is 9.61. The van der Waals surface area contributed by atoms with E-state index in [0.717, 1.165) is 9.87 Å². The van der Waals surface area contributed by atoms with Crippen LogP contribution in [0.2, 0.25) is 0 Å². The number of ether oxygens (including phenoxy) is 4. The van der Waals surface area contributed by atoms with Gasteiger partial charge < -0.3 is 24.3 Å². The van der Waals surface area contributed by atoms with Crippen molar-refractivity contribution in [1.82, 2.24) is 5.32 Å². The van der Waals surface area contributed by atoms with Crippen molar-refractivity contribution in [1.29, 1.82) is 0 Å². The molecule has 4 rings (SSSR count). The van der Waals surface area contributed by atoms with Crippen LogP contribution in [-0.2, 0) is 14.8 Å². The first-order valence-corrected chi connectivity index (χ1v) is 12.1. The number of nitrogens with one attached hydrogen (secondary N) is 1. The zero-order chi connectivity index (χ0) is 22.7. The molecule has 1 amide bonds. The van der Waals surface area contributed by atoms with Crippen LogP contribution in [0, 0.1) is 0 Å². The minimum Gasteiger partial charge on any atom is -0.486 e. The second kappa shape index (κ2) is 9.15. The molecule has 172 valence electrons. The lowest BCUT2D eigenvalue weighted by Crippen LogP contribution is -2.42. The highest BCUT2D eigenvalue weighted by Crippen LogP contribution is 2.35. The van der Waals surface area contributed by atoms with Crippen LogP contribution < -0.4 is 28.6 Å². The zero-order valence-electron chi connectivity index (χ0n) is 18.0. The summed E-state index contributed by atoms with van der Waals surface area (Å²) in [5, 5.41) is 2.86. The van der Waals surface area contributed by atoms with Crippen LogP contribution in [0.1, 0.15) is 25.5 Å². The van der Waals surface area contributed by atoms with Crippen LogP contribution in [0.3, 0.4) is 0 Å². The molecule has 0 aromatic heterocycles. The van der Waals surface area contributed by atoms with Crippen LogP contribution >= 0.6 is 0 Å². The van der Waals surface area contributed by atoms with Crippen LogP contribution in [0.5, 0.6) is 23.0 Å². The van der Waals surface area contributed by atoms with Crippen molar-refractivity contribution < 1.29 is 32.2 Å². The largest absolute Gasteiger partial charge is 0.486 e. The summed E-state index contributed by atoms with van der Waals surface area (Å²) in [6.45, 7) is 4.79. The first kappa shape index (κ1) is 22.1. The predicted octanol–water partition coefficient (Wildman–Crippen LogP) is 2.26. The molecule has 0 aliphatic carbocycles. The number of sulfonamides is 1. The third-order valence-corrected chi connectivity index (χ3v) is 6.99. The van der Waals surface area contributed by atoms with Gasteiger partial charge in [-0.2, -0.15) is 0 Å². The van der Waals surface area contributed by atoms with E-state index in [9.17, 15) is 13.2 Å². The molecule has 0 spiro atoms. The Morgan fingerprint density at radius 2 is 1.50 bits per heavy atom. The second-order valence-electron chi connectivity index (χ2n) is 7.43. The summed E-state index contributed by atoms with van der Waals surface area (Å²) in [4.78, 5) is 12.8. The van der Waals surface area contributed by atoms with Crippen molar-refractivity contribution in [3.63, 3.8) is 0 Å². The van der Waals surface area contributed by atoms with Gasteiger partial charge in [0.2, 0.25) is 15.9 Å². The van der Waals surface area contributed by atoms with Gasteiger partial charge in [0.05, 0.1) is 17.5 Å². The molecular weight excluding hydrogens is 436 g/mol. The van der Waals surface area contributed by atoms with Crippen molar-refractivity contribution in [3.8, 4) is 23.0 Å². The maximum atomic E-state index is 12.8. The normalized spacial score (nSPS) is 15.6. The molecule has 0 saturated carbocycles. The Hall–Kier alpha value is -3.14. The maximum Gasteiger partial charge on any atom is 0.241 e. The lowest BCUT2D eigenvalue weighted by atomic mass is 10.1. The van der Waals surface area contributed by atoms with Crippen molar-refractivity contribution in [2.45, 2.75) is 19.9 Å². The van der Waals surface area contributed by atoms with E-state index < -0.39 is 15.9 Å². The number of anilines is 1. The van der Waals surface area contributed by atoms with E-state index in [2.05, 4.69) is 5.32 Å². The Kier molecular flexibility index (Phi) is 6.31. The van der Waals surface area contributed by atoms with Crippen LogP contribution in [0.15, 0.2) is 36.4 Å². The fourth-order valence-corrected chi connectivity index (χ4v) is 4.58. The Morgan fingerprint density at radius 3 is 2.12 bits per heavy atom. The third kappa shape index (κ3) is 4.69. The molecule has 9 nitrogen and oxygen atoms in total. The minimum atomic E-state index is -3.71. The molecule has 32 heavy (non-hydrogen) atoms. The Morgan fingerprint density at radius 1 is 0.938 bits per heavy atom. The predicted molar refractivity (Wildman–Crippen MR) is 118 cm³/mol. The summed E-state index contributed by atoms with van der Waals surface area (Å²) in [6.07, 6.45) is 0. The molecule has 2 heterocycles. The van der Waals surface area contributed by atoms with Crippen molar-refractivity contribution in [2.24, 2.45) is 0 Å². The molecule has 0 radical (unpaired) electrons. The highest BCUT2D eigenvalue weighted by atomic mass is 32.2. The molecule has 2 aromatic rings. The Balaban J connectivity index is 1.50. The summed E-state index contributed by atoms with van der Waals surface area (Å²) in [7, 11) is -3.71. The summed E-state index contributed by atoms with van der Waals surface area (Å²) in [5.41, 5.74) is 1.17. The number of benzene rings is 2. The third-order valence-electron chi connectivity index (χ3n) is 5.25. The molecule has 2 aromatic carbocycles. The molecule has 0 bridgehead atoms. The lowest BCUT2D eigenvalue weighted by Gasteiger charge is -2.26. The molecule has 0 saturated heterocycles.